The van der Waals surface area contributed by atoms with Crippen LogP contribution in [0.3, 0.4) is 0 Å². The van der Waals surface area contributed by atoms with Gasteiger partial charge in [0.05, 0.1) is 0 Å². The van der Waals surface area contributed by atoms with Gasteiger partial charge in [-0.2, -0.15) is 0 Å². The molecule has 0 heterocycles. The molecule has 0 amide bonds. The third-order valence-corrected chi connectivity index (χ3v) is 5.11. The Labute approximate surface area is 150 Å². The quantitative estimate of drug-likeness (QED) is 0.564. The molecular weight excluding hydrogens is 288 g/mol. The highest BCUT2D eigenvalue weighted by Gasteiger charge is 2.28. The number of rotatable bonds is 4. The van der Waals surface area contributed by atoms with Crippen LogP contribution in [0.4, 0.5) is 0 Å². The van der Waals surface area contributed by atoms with Crippen LogP contribution in [0.5, 0.6) is 0 Å². The van der Waals surface area contributed by atoms with E-state index in [4.69, 9.17) is 0 Å². The van der Waals surface area contributed by atoms with E-state index in [0.29, 0.717) is 0 Å². The highest BCUT2D eigenvalue weighted by molar-refractivity contribution is 5.49. The van der Waals surface area contributed by atoms with E-state index >= 15 is 0 Å². The molecule has 0 radical (unpaired) electrons. The molecule has 0 saturated heterocycles. The summed E-state index contributed by atoms with van der Waals surface area (Å²) < 4.78 is 0. The maximum atomic E-state index is 2.46. The highest BCUT2D eigenvalue weighted by Crippen LogP contribution is 2.38. The van der Waals surface area contributed by atoms with E-state index in [1.54, 1.807) is 0 Å². The van der Waals surface area contributed by atoms with Crippen LogP contribution in [0.25, 0.3) is 0 Å². The second kappa shape index (κ2) is 7.55. The molecule has 2 rings (SSSR count). The fourth-order valence-corrected chi connectivity index (χ4v) is 3.47. The molecule has 0 nitrogen and oxygen atoms in total. The lowest BCUT2D eigenvalue weighted by atomic mass is 9.72. The molecule has 132 valence electrons. The molecule has 2 aromatic rings. The van der Waals surface area contributed by atoms with Gasteiger partial charge in [0.25, 0.3) is 0 Å². The van der Waals surface area contributed by atoms with Crippen LogP contribution in [0.15, 0.2) is 42.5 Å². The summed E-state index contributed by atoms with van der Waals surface area (Å²) >= 11 is 0. The second-order valence-electron chi connectivity index (χ2n) is 8.11. The minimum atomic E-state index is 0. The zero-order valence-corrected chi connectivity index (χ0v) is 16.0. The molecule has 0 aliphatic heterocycles. The number of benzene rings is 2. The standard InChI is InChI=1S/C23H32.CH4/c1-8-17-15-19(22(3,4)5)16-21(20(17)9-2)23(6,7)18-13-11-10-12-14-18;/h10-16H,8-9H2,1-7H3;1H4. The topological polar surface area (TPSA) is 0 Å². The molecule has 0 saturated carbocycles. The molecule has 0 aliphatic rings. The first-order chi connectivity index (χ1) is 10.7. The lowest BCUT2D eigenvalue weighted by molar-refractivity contribution is 0.578. The summed E-state index contributed by atoms with van der Waals surface area (Å²) in [6, 6.07) is 15.8. The molecule has 0 unspecified atom stereocenters. The first kappa shape index (κ1) is 20.5. The van der Waals surface area contributed by atoms with E-state index in [9.17, 15) is 0 Å². The van der Waals surface area contributed by atoms with Gasteiger partial charge in [-0.05, 0) is 46.1 Å². The molecule has 0 aliphatic carbocycles. The molecule has 0 N–H and O–H groups in total. The van der Waals surface area contributed by atoms with Gasteiger partial charge in [-0.1, -0.05) is 98.4 Å². The van der Waals surface area contributed by atoms with Crippen molar-refractivity contribution in [1.29, 1.82) is 0 Å². The first-order valence-electron chi connectivity index (χ1n) is 8.94. The molecule has 0 heteroatoms. The monoisotopic (exact) mass is 324 g/mol. The Morgan fingerprint density at radius 3 is 1.79 bits per heavy atom. The summed E-state index contributed by atoms with van der Waals surface area (Å²) in [5, 5.41) is 0. The van der Waals surface area contributed by atoms with E-state index in [2.05, 4.69) is 90.9 Å². The Hall–Kier alpha value is -1.56. The van der Waals surface area contributed by atoms with Gasteiger partial charge in [0.2, 0.25) is 0 Å². The van der Waals surface area contributed by atoms with Gasteiger partial charge in [-0.3, -0.25) is 0 Å². The predicted molar refractivity (Wildman–Crippen MR) is 109 cm³/mol. The van der Waals surface area contributed by atoms with Crippen molar-refractivity contribution in [2.24, 2.45) is 0 Å². The summed E-state index contributed by atoms with van der Waals surface area (Å²) in [6.07, 6.45) is 2.20. The maximum absolute atomic E-state index is 2.46. The summed E-state index contributed by atoms with van der Waals surface area (Å²) in [4.78, 5) is 0. The van der Waals surface area contributed by atoms with Gasteiger partial charge in [0.15, 0.2) is 0 Å². The van der Waals surface area contributed by atoms with Gasteiger partial charge < -0.3 is 0 Å². The molecule has 0 bridgehead atoms. The van der Waals surface area contributed by atoms with Crippen LogP contribution in [0, 0.1) is 0 Å². The molecule has 24 heavy (non-hydrogen) atoms. The van der Waals surface area contributed by atoms with Crippen LogP contribution < -0.4 is 0 Å². The summed E-state index contributed by atoms with van der Waals surface area (Å²) in [5.74, 6) is 0. The highest BCUT2D eigenvalue weighted by atomic mass is 14.3. The summed E-state index contributed by atoms with van der Waals surface area (Å²) in [6.45, 7) is 16.2. The smallest absolute Gasteiger partial charge is 0.0149 e. The van der Waals surface area contributed by atoms with Crippen LogP contribution in [0.2, 0.25) is 0 Å². The van der Waals surface area contributed by atoms with E-state index in [-0.39, 0.29) is 18.3 Å². The fraction of sp³-hybridized carbons (Fsp3) is 0.500. The third-order valence-electron chi connectivity index (χ3n) is 5.11. The van der Waals surface area contributed by atoms with Crippen molar-refractivity contribution in [1.82, 2.24) is 0 Å². The van der Waals surface area contributed by atoms with Crippen molar-refractivity contribution >= 4 is 0 Å². The molecule has 2 aromatic carbocycles. The van der Waals surface area contributed by atoms with Crippen molar-refractivity contribution in [2.75, 3.05) is 0 Å². The van der Waals surface area contributed by atoms with Crippen molar-refractivity contribution in [3.63, 3.8) is 0 Å². The molecule has 0 aromatic heterocycles. The van der Waals surface area contributed by atoms with Crippen LogP contribution in [-0.4, -0.2) is 0 Å². The van der Waals surface area contributed by atoms with Crippen molar-refractivity contribution in [3.05, 3.63) is 70.3 Å². The summed E-state index contributed by atoms with van der Waals surface area (Å²) in [5.41, 5.74) is 7.59. The minimum absolute atomic E-state index is 0. The van der Waals surface area contributed by atoms with E-state index in [0.717, 1.165) is 12.8 Å². The number of hydrogen-bond donors (Lipinski definition) is 0. The van der Waals surface area contributed by atoms with E-state index in [1.165, 1.54) is 27.8 Å². The normalized spacial score (nSPS) is 12.0. The molecule has 0 spiro atoms. The van der Waals surface area contributed by atoms with Crippen LogP contribution >= 0.6 is 0 Å². The average Bonchev–Trinajstić information content (AvgIpc) is 2.53. The summed E-state index contributed by atoms with van der Waals surface area (Å²) in [7, 11) is 0. The van der Waals surface area contributed by atoms with Crippen molar-refractivity contribution < 1.29 is 0 Å². The minimum Gasteiger partial charge on any atom is -0.0776 e. The zero-order chi connectivity index (χ0) is 17.3. The number of aryl methyl sites for hydroxylation is 1. The second-order valence-corrected chi connectivity index (χ2v) is 8.11. The molecule has 0 atom stereocenters. The van der Waals surface area contributed by atoms with Crippen molar-refractivity contribution in [3.8, 4) is 0 Å². The van der Waals surface area contributed by atoms with Crippen molar-refractivity contribution in [2.45, 2.75) is 79.6 Å². The van der Waals surface area contributed by atoms with Gasteiger partial charge in [0.1, 0.15) is 0 Å². The average molecular weight is 325 g/mol. The van der Waals surface area contributed by atoms with E-state index < -0.39 is 0 Å². The van der Waals surface area contributed by atoms with Crippen LogP contribution in [0.1, 0.15) is 83.7 Å². The SMILES string of the molecule is C.CCc1cc(C(C)(C)C)cc(C(C)(C)c2ccccc2)c1CC. The first-order valence-corrected chi connectivity index (χ1v) is 8.94. The lowest BCUT2D eigenvalue weighted by Gasteiger charge is -2.32. The maximum Gasteiger partial charge on any atom is 0.0149 e. The Morgan fingerprint density at radius 2 is 1.33 bits per heavy atom. The van der Waals surface area contributed by atoms with E-state index in [1.807, 2.05) is 0 Å². The van der Waals surface area contributed by atoms with Gasteiger partial charge in [0, 0.05) is 5.41 Å². The van der Waals surface area contributed by atoms with Gasteiger partial charge in [-0.25, -0.2) is 0 Å². The third kappa shape index (κ3) is 3.91. The zero-order valence-electron chi connectivity index (χ0n) is 16.0. The van der Waals surface area contributed by atoms with Crippen LogP contribution in [-0.2, 0) is 23.7 Å². The molecule has 0 fully saturated rings. The van der Waals surface area contributed by atoms with Gasteiger partial charge >= 0.3 is 0 Å². The Morgan fingerprint density at radius 1 is 0.750 bits per heavy atom. The largest absolute Gasteiger partial charge is 0.0776 e. The number of hydrogen-bond acceptors (Lipinski definition) is 0. The Bertz CT molecular complexity index is 654. The Kier molecular flexibility index (Phi) is 6.45. The predicted octanol–water partition coefficient (Wildman–Crippen LogP) is 7.07. The Balaban J connectivity index is 0.00000288. The molecular formula is C24H36. The lowest BCUT2D eigenvalue weighted by Crippen LogP contribution is -2.24. The van der Waals surface area contributed by atoms with Gasteiger partial charge in [-0.15, -0.1) is 0 Å². The fourth-order valence-electron chi connectivity index (χ4n) is 3.47.